The summed E-state index contributed by atoms with van der Waals surface area (Å²) in [5.41, 5.74) is -1.38. The van der Waals surface area contributed by atoms with E-state index < -0.39 is 57.8 Å². The van der Waals surface area contributed by atoms with Crippen LogP contribution in [-0.4, -0.2) is 51.4 Å². The van der Waals surface area contributed by atoms with Crippen molar-refractivity contribution in [2.75, 3.05) is 6.61 Å². The van der Waals surface area contributed by atoms with E-state index in [1.54, 1.807) is 34.6 Å². The summed E-state index contributed by atoms with van der Waals surface area (Å²) in [6, 6.07) is 2.13. The zero-order valence-corrected chi connectivity index (χ0v) is 18.5. The zero-order chi connectivity index (χ0) is 24.7. The maximum absolute atomic E-state index is 12.9. The number of benzene rings is 1. The largest absolute Gasteiger partial charge is 0.507 e. The molecule has 9 nitrogen and oxygen atoms in total. The normalized spacial score (nSPS) is 20.6. The van der Waals surface area contributed by atoms with Crippen molar-refractivity contribution in [1.29, 1.82) is 0 Å². The highest BCUT2D eigenvalue weighted by molar-refractivity contribution is 5.97. The molecule has 32 heavy (non-hydrogen) atoms. The Labute approximate surface area is 182 Å². The van der Waals surface area contributed by atoms with Crippen LogP contribution in [0.5, 0.6) is 5.75 Å². The van der Waals surface area contributed by atoms with Crippen molar-refractivity contribution >= 4 is 17.9 Å². The molecule has 3 amide bonds. The molecule has 12 heteroatoms. The van der Waals surface area contributed by atoms with E-state index >= 15 is 0 Å². The van der Waals surface area contributed by atoms with E-state index in [1.165, 1.54) is 6.92 Å². The number of phenolic OH excluding ortho intramolecular Hbond substituents is 1. The number of hydrogen-bond acceptors (Lipinski definition) is 6. The molecular formula is C20H26F3N3O6. The smallest absolute Gasteiger partial charge is 0.419 e. The molecule has 178 valence electrons. The number of alkyl halides is 3. The van der Waals surface area contributed by atoms with Gasteiger partial charge >= 0.3 is 12.3 Å². The van der Waals surface area contributed by atoms with Crippen molar-refractivity contribution < 1.29 is 42.1 Å². The van der Waals surface area contributed by atoms with E-state index in [-0.39, 0.29) is 6.61 Å². The van der Waals surface area contributed by atoms with E-state index in [0.29, 0.717) is 6.07 Å². The molecule has 0 aromatic heterocycles. The lowest BCUT2D eigenvalue weighted by Crippen LogP contribution is -2.63. The Hall–Kier alpha value is -3.02. The van der Waals surface area contributed by atoms with Crippen LogP contribution in [0.1, 0.15) is 57.5 Å². The molecule has 0 bridgehead atoms. The minimum atomic E-state index is -4.88. The molecule has 1 aromatic carbocycles. The summed E-state index contributed by atoms with van der Waals surface area (Å²) in [5, 5.41) is 9.37. The quantitative estimate of drug-likeness (QED) is 0.583. The third-order valence-corrected chi connectivity index (χ3v) is 4.66. The average Bonchev–Trinajstić information content (AvgIpc) is 2.87. The first-order valence-corrected chi connectivity index (χ1v) is 9.57. The second kappa shape index (κ2) is 8.15. The van der Waals surface area contributed by atoms with Gasteiger partial charge in [-0.1, -0.05) is 0 Å². The van der Waals surface area contributed by atoms with Crippen LogP contribution in [0, 0.1) is 0 Å². The number of carbonyl (C=O) groups is 3. The summed E-state index contributed by atoms with van der Waals surface area (Å²) < 4.78 is 49.8. The zero-order valence-electron chi connectivity index (χ0n) is 18.5. The van der Waals surface area contributed by atoms with Gasteiger partial charge in [-0.15, -0.1) is 0 Å². The van der Waals surface area contributed by atoms with Gasteiger partial charge < -0.3 is 14.6 Å². The Morgan fingerprint density at radius 3 is 2.25 bits per heavy atom. The summed E-state index contributed by atoms with van der Waals surface area (Å²) >= 11 is 0. The lowest BCUT2D eigenvalue weighted by Gasteiger charge is -2.39. The van der Waals surface area contributed by atoms with Gasteiger partial charge in [0, 0.05) is 5.56 Å². The maximum Gasteiger partial charge on any atom is 0.419 e. The van der Waals surface area contributed by atoms with Crippen LogP contribution in [0.25, 0.3) is 0 Å². The van der Waals surface area contributed by atoms with Crippen molar-refractivity contribution in [2.45, 2.75) is 64.6 Å². The molecule has 1 aliphatic rings. The molecule has 3 N–H and O–H groups in total. The number of phenols is 1. The molecule has 1 heterocycles. The molecular weight excluding hydrogens is 435 g/mol. The van der Waals surface area contributed by atoms with Crippen molar-refractivity contribution in [3.05, 3.63) is 29.3 Å². The molecule has 1 fully saturated rings. The Balaban J connectivity index is 2.19. The number of amides is 3. The highest BCUT2D eigenvalue weighted by Crippen LogP contribution is 2.37. The SMILES string of the molecule is CC(C)(C)OC(=O)N1C(C)(C)OC[C@]1(C)C(=O)NNC(=O)c1ccc(O)c(C(F)(F)F)c1. The molecule has 0 unspecified atom stereocenters. The first-order valence-electron chi connectivity index (χ1n) is 9.57. The maximum atomic E-state index is 12.9. The number of halogens is 3. The second-order valence-electron chi connectivity index (χ2n) is 8.96. The third-order valence-electron chi connectivity index (χ3n) is 4.66. The molecule has 1 aromatic rings. The first kappa shape index (κ1) is 25.2. The van der Waals surface area contributed by atoms with Crippen LogP contribution in [0.4, 0.5) is 18.0 Å². The molecule has 0 aliphatic carbocycles. The predicted molar refractivity (Wildman–Crippen MR) is 105 cm³/mol. The fourth-order valence-electron chi connectivity index (χ4n) is 3.16. The highest BCUT2D eigenvalue weighted by atomic mass is 19.4. The lowest BCUT2D eigenvalue weighted by atomic mass is 10.0. The minimum absolute atomic E-state index is 0.224. The molecule has 1 aliphatic heterocycles. The van der Waals surface area contributed by atoms with E-state index in [9.17, 15) is 32.7 Å². The van der Waals surface area contributed by atoms with Crippen LogP contribution >= 0.6 is 0 Å². The number of rotatable bonds is 2. The Bertz CT molecular complexity index is 926. The molecule has 0 spiro atoms. The molecule has 1 saturated heterocycles. The van der Waals surface area contributed by atoms with Crippen LogP contribution in [0.2, 0.25) is 0 Å². The fourth-order valence-corrected chi connectivity index (χ4v) is 3.16. The molecule has 0 radical (unpaired) electrons. The average molecular weight is 461 g/mol. The number of hydrazine groups is 1. The van der Waals surface area contributed by atoms with E-state index in [1.807, 2.05) is 5.43 Å². The number of nitrogens with zero attached hydrogens (tertiary/aromatic N) is 1. The van der Waals surface area contributed by atoms with Gasteiger partial charge in [-0.2, -0.15) is 13.2 Å². The Kier molecular flexibility index (Phi) is 6.43. The van der Waals surface area contributed by atoms with Gasteiger partial charge in [0.25, 0.3) is 11.8 Å². The van der Waals surface area contributed by atoms with Gasteiger partial charge in [-0.3, -0.25) is 25.3 Å². The van der Waals surface area contributed by atoms with Crippen LogP contribution in [-0.2, 0) is 20.4 Å². The monoisotopic (exact) mass is 461 g/mol. The summed E-state index contributed by atoms with van der Waals surface area (Å²) in [6.45, 7) is 9.25. The van der Waals surface area contributed by atoms with Gasteiger partial charge in [0.1, 0.15) is 22.6 Å². The van der Waals surface area contributed by atoms with Crippen molar-refractivity contribution in [3.8, 4) is 5.75 Å². The van der Waals surface area contributed by atoms with Gasteiger partial charge in [-0.25, -0.2) is 4.79 Å². The number of aromatic hydroxyl groups is 1. The molecule has 1 atom stereocenters. The first-order chi connectivity index (χ1) is 14.4. The Morgan fingerprint density at radius 1 is 1.12 bits per heavy atom. The van der Waals surface area contributed by atoms with Crippen LogP contribution in [0.3, 0.4) is 0 Å². The van der Waals surface area contributed by atoms with E-state index in [0.717, 1.165) is 17.0 Å². The third kappa shape index (κ3) is 5.23. The van der Waals surface area contributed by atoms with Crippen molar-refractivity contribution in [3.63, 3.8) is 0 Å². The lowest BCUT2D eigenvalue weighted by molar-refractivity contribution is -0.138. The predicted octanol–water partition coefficient (Wildman–Crippen LogP) is 2.93. The van der Waals surface area contributed by atoms with Gasteiger partial charge in [0.05, 0.1) is 12.2 Å². The molecule has 2 rings (SSSR count). The molecule has 0 saturated carbocycles. The van der Waals surface area contributed by atoms with Crippen molar-refractivity contribution in [1.82, 2.24) is 15.8 Å². The summed E-state index contributed by atoms with van der Waals surface area (Å²) in [6.07, 6.45) is -5.70. The van der Waals surface area contributed by atoms with Gasteiger partial charge in [-0.05, 0) is 59.7 Å². The van der Waals surface area contributed by atoms with Crippen molar-refractivity contribution in [2.24, 2.45) is 0 Å². The summed E-state index contributed by atoms with van der Waals surface area (Å²) in [4.78, 5) is 39.0. The fraction of sp³-hybridized carbons (Fsp3) is 0.550. The number of ether oxygens (including phenoxy) is 2. The number of nitrogens with one attached hydrogen (secondary N) is 2. The Morgan fingerprint density at radius 2 is 1.72 bits per heavy atom. The van der Waals surface area contributed by atoms with E-state index in [2.05, 4.69) is 5.43 Å². The summed E-state index contributed by atoms with van der Waals surface area (Å²) in [7, 11) is 0. The van der Waals surface area contributed by atoms with E-state index in [4.69, 9.17) is 9.47 Å². The topological polar surface area (TPSA) is 117 Å². The minimum Gasteiger partial charge on any atom is -0.507 e. The number of carbonyl (C=O) groups excluding carboxylic acids is 3. The standard InChI is InChI=1S/C20H26F3N3O6/c1-17(2,3)32-16(30)26-18(4,5)31-10-19(26,6)15(29)25-24-14(28)11-7-8-13(27)12(9-11)20(21,22)23/h7-9,27H,10H2,1-6H3,(H,24,28)(H,25,29)/t19-/m1/s1. The number of hydrogen-bond donors (Lipinski definition) is 3. The van der Waals surface area contributed by atoms with Crippen LogP contribution < -0.4 is 10.9 Å². The second-order valence-corrected chi connectivity index (χ2v) is 8.96. The highest BCUT2D eigenvalue weighted by Gasteiger charge is 2.57. The van der Waals surface area contributed by atoms with Crippen LogP contribution in [0.15, 0.2) is 18.2 Å². The van der Waals surface area contributed by atoms with Gasteiger partial charge in [0.2, 0.25) is 0 Å². The van der Waals surface area contributed by atoms with Gasteiger partial charge in [0.15, 0.2) is 0 Å². The summed E-state index contributed by atoms with van der Waals surface area (Å²) in [5.74, 6) is -2.95.